The highest BCUT2D eigenvalue weighted by molar-refractivity contribution is 5.91. The van der Waals surface area contributed by atoms with E-state index in [-0.39, 0.29) is 17.8 Å². The summed E-state index contributed by atoms with van der Waals surface area (Å²) in [4.78, 5) is 22.2. The zero-order chi connectivity index (χ0) is 17.0. The van der Waals surface area contributed by atoms with E-state index in [1.54, 1.807) is 6.92 Å². The van der Waals surface area contributed by atoms with E-state index in [4.69, 9.17) is 0 Å². The van der Waals surface area contributed by atoms with Crippen molar-refractivity contribution >= 4 is 11.6 Å². The molecule has 0 radical (unpaired) electrons. The molecule has 2 rings (SSSR count). The molecule has 2 aromatic heterocycles. The fraction of sp³-hybridized carbons (Fsp3) is 0.286. The summed E-state index contributed by atoms with van der Waals surface area (Å²) in [7, 11) is 0. The van der Waals surface area contributed by atoms with Crippen molar-refractivity contribution in [2.24, 2.45) is 0 Å². The second kappa shape index (κ2) is 6.67. The predicted octanol–water partition coefficient (Wildman–Crippen LogP) is 3.44. The van der Waals surface area contributed by atoms with E-state index >= 15 is 0 Å². The number of nitrogens with zero attached hydrogens (tertiary/aromatic N) is 3. The molecule has 2 heterocycles. The molecule has 0 aliphatic heterocycles. The molecule has 0 saturated heterocycles. The largest absolute Gasteiger partial charge is 0.435 e. The molecular formula is C14H12F4N4O. The average Bonchev–Trinajstić information content (AvgIpc) is 2.46. The van der Waals surface area contributed by atoms with Crippen molar-refractivity contribution in [2.45, 2.75) is 25.9 Å². The zero-order valence-corrected chi connectivity index (χ0v) is 12.0. The van der Waals surface area contributed by atoms with Crippen LogP contribution in [0.5, 0.6) is 0 Å². The lowest BCUT2D eigenvalue weighted by atomic mass is 10.2. The first-order valence-corrected chi connectivity index (χ1v) is 6.66. The van der Waals surface area contributed by atoms with Gasteiger partial charge >= 0.3 is 6.18 Å². The van der Waals surface area contributed by atoms with Crippen LogP contribution >= 0.6 is 0 Å². The van der Waals surface area contributed by atoms with Gasteiger partial charge in [-0.25, -0.2) is 14.4 Å². The molecule has 23 heavy (non-hydrogen) atoms. The van der Waals surface area contributed by atoms with Crippen LogP contribution in [0.3, 0.4) is 0 Å². The van der Waals surface area contributed by atoms with Crippen molar-refractivity contribution in [3.05, 3.63) is 36.2 Å². The van der Waals surface area contributed by atoms with Gasteiger partial charge in [0.05, 0.1) is 18.1 Å². The number of anilines is 1. The molecule has 9 heteroatoms. The number of amides is 1. The molecule has 0 saturated carbocycles. The fourth-order valence-electron chi connectivity index (χ4n) is 1.80. The highest BCUT2D eigenvalue weighted by Gasteiger charge is 2.37. The number of hydrogen-bond acceptors (Lipinski definition) is 4. The molecule has 0 atom stereocenters. The topological polar surface area (TPSA) is 67.8 Å². The number of hydrogen-bond donors (Lipinski definition) is 1. The fourth-order valence-corrected chi connectivity index (χ4v) is 1.80. The normalized spacial score (nSPS) is 11.3. The van der Waals surface area contributed by atoms with Crippen LogP contribution in [-0.4, -0.2) is 20.9 Å². The van der Waals surface area contributed by atoms with Crippen molar-refractivity contribution < 1.29 is 22.4 Å². The van der Waals surface area contributed by atoms with E-state index in [1.165, 1.54) is 0 Å². The van der Waals surface area contributed by atoms with Crippen molar-refractivity contribution in [1.29, 1.82) is 0 Å². The molecule has 0 spiro atoms. The first-order valence-electron chi connectivity index (χ1n) is 6.66. The number of rotatable bonds is 4. The number of alkyl halides is 3. The quantitative estimate of drug-likeness (QED) is 0.873. The second-order valence-corrected chi connectivity index (χ2v) is 4.64. The predicted molar refractivity (Wildman–Crippen MR) is 73.8 cm³/mol. The van der Waals surface area contributed by atoms with Gasteiger partial charge in [0.2, 0.25) is 5.91 Å². The Morgan fingerprint density at radius 2 is 2.00 bits per heavy atom. The van der Waals surface area contributed by atoms with Gasteiger partial charge in [-0.1, -0.05) is 6.92 Å². The van der Waals surface area contributed by atoms with E-state index in [2.05, 4.69) is 20.3 Å². The minimum absolute atomic E-state index is 0.00179. The van der Waals surface area contributed by atoms with Crippen LogP contribution in [0.4, 0.5) is 23.2 Å². The third-order valence-corrected chi connectivity index (χ3v) is 2.77. The van der Waals surface area contributed by atoms with Crippen LogP contribution in [0.15, 0.2) is 24.7 Å². The minimum Gasteiger partial charge on any atom is -0.323 e. The Kier molecular flexibility index (Phi) is 4.87. The Bertz CT molecular complexity index is 718. The van der Waals surface area contributed by atoms with Gasteiger partial charge < -0.3 is 5.32 Å². The summed E-state index contributed by atoms with van der Waals surface area (Å²) >= 11 is 0. The van der Waals surface area contributed by atoms with Gasteiger partial charge in [-0.15, -0.1) is 0 Å². The summed E-state index contributed by atoms with van der Waals surface area (Å²) in [5.74, 6) is -1.63. The molecule has 0 aliphatic carbocycles. The smallest absolute Gasteiger partial charge is 0.323 e. The van der Waals surface area contributed by atoms with Gasteiger partial charge in [0, 0.05) is 18.2 Å². The van der Waals surface area contributed by atoms with Gasteiger partial charge in [0.25, 0.3) is 0 Å². The lowest BCUT2D eigenvalue weighted by Gasteiger charge is -2.13. The maximum atomic E-state index is 13.1. The number of carbonyl (C=O) groups is 1. The molecule has 5 nitrogen and oxygen atoms in total. The van der Waals surface area contributed by atoms with E-state index in [0.29, 0.717) is 6.42 Å². The van der Waals surface area contributed by atoms with Crippen LogP contribution in [0.2, 0.25) is 0 Å². The van der Waals surface area contributed by atoms with Gasteiger partial charge in [-0.05, 0) is 12.5 Å². The lowest BCUT2D eigenvalue weighted by molar-refractivity contribution is -0.140. The Morgan fingerprint density at radius 1 is 1.26 bits per heavy atom. The van der Waals surface area contributed by atoms with Gasteiger partial charge in [0.15, 0.2) is 11.5 Å². The highest BCUT2D eigenvalue weighted by atomic mass is 19.4. The molecule has 0 fully saturated rings. The SMILES string of the molecule is CCCC(=O)Nc1cnc(-c2cncc(F)c2)nc1C(F)(F)F. The average molecular weight is 328 g/mol. The minimum atomic E-state index is -4.80. The van der Waals surface area contributed by atoms with Crippen molar-refractivity contribution in [3.63, 3.8) is 0 Å². The first-order chi connectivity index (χ1) is 10.8. The van der Waals surface area contributed by atoms with Gasteiger partial charge in [0.1, 0.15) is 5.82 Å². The number of nitrogens with one attached hydrogen (secondary N) is 1. The summed E-state index contributed by atoms with van der Waals surface area (Å²) < 4.78 is 52.5. The van der Waals surface area contributed by atoms with Crippen LogP contribution in [0.25, 0.3) is 11.4 Å². The monoisotopic (exact) mass is 328 g/mol. The molecule has 0 aliphatic rings. The molecule has 0 bridgehead atoms. The summed E-state index contributed by atoms with van der Waals surface area (Å²) in [5.41, 5.74) is -1.83. The number of pyridine rings is 1. The molecule has 1 N–H and O–H groups in total. The van der Waals surface area contributed by atoms with Crippen LogP contribution < -0.4 is 5.32 Å². The third kappa shape index (κ3) is 4.21. The van der Waals surface area contributed by atoms with E-state index in [1.807, 2.05) is 0 Å². The Morgan fingerprint density at radius 3 is 2.61 bits per heavy atom. The molecule has 122 valence electrons. The van der Waals surface area contributed by atoms with Crippen LogP contribution in [-0.2, 0) is 11.0 Å². The number of halogens is 4. The number of aromatic nitrogens is 3. The molecular weight excluding hydrogens is 316 g/mol. The summed E-state index contributed by atoms with van der Waals surface area (Å²) in [5, 5.41) is 2.13. The number of carbonyl (C=O) groups excluding carboxylic acids is 1. The van der Waals surface area contributed by atoms with Crippen molar-refractivity contribution in [2.75, 3.05) is 5.32 Å². The maximum Gasteiger partial charge on any atom is 0.435 e. The summed E-state index contributed by atoms with van der Waals surface area (Å²) in [6.45, 7) is 1.72. The Labute approximate surface area is 128 Å². The molecule has 0 unspecified atom stereocenters. The lowest BCUT2D eigenvalue weighted by Crippen LogP contribution is -2.18. The first kappa shape index (κ1) is 16.8. The second-order valence-electron chi connectivity index (χ2n) is 4.64. The van der Waals surface area contributed by atoms with E-state index in [9.17, 15) is 22.4 Å². The summed E-state index contributed by atoms with van der Waals surface area (Å²) in [6.07, 6.45) is -1.33. The maximum absolute atomic E-state index is 13.1. The van der Waals surface area contributed by atoms with Crippen LogP contribution in [0, 0.1) is 5.82 Å². The molecule has 0 aromatic carbocycles. The molecule has 1 amide bonds. The van der Waals surface area contributed by atoms with Gasteiger partial charge in [-0.2, -0.15) is 13.2 Å². The highest BCUT2D eigenvalue weighted by Crippen LogP contribution is 2.34. The summed E-state index contributed by atoms with van der Waals surface area (Å²) in [6, 6.07) is 0.970. The Balaban J connectivity index is 2.44. The zero-order valence-electron chi connectivity index (χ0n) is 12.0. The van der Waals surface area contributed by atoms with Crippen LogP contribution in [0.1, 0.15) is 25.5 Å². The Hall–Kier alpha value is -2.58. The van der Waals surface area contributed by atoms with E-state index in [0.717, 1.165) is 24.7 Å². The third-order valence-electron chi connectivity index (χ3n) is 2.77. The van der Waals surface area contributed by atoms with Crippen molar-refractivity contribution in [1.82, 2.24) is 15.0 Å². The standard InChI is InChI=1S/C14H12F4N4O/c1-2-3-11(23)21-10-7-20-13(22-12(10)14(16,17)18)8-4-9(15)6-19-5-8/h4-7H,2-3H2,1H3,(H,21,23). The van der Waals surface area contributed by atoms with Gasteiger partial charge in [-0.3, -0.25) is 9.78 Å². The molecule has 2 aromatic rings. The van der Waals surface area contributed by atoms with E-state index < -0.39 is 29.3 Å². The van der Waals surface area contributed by atoms with Crippen molar-refractivity contribution in [3.8, 4) is 11.4 Å².